The molecule has 0 N–H and O–H groups in total. The van der Waals surface area contributed by atoms with Crippen molar-refractivity contribution >= 4 is 7.26 Å². The Morgan fingerprint density at radius 3 is 2.00 bits per heavy atom. The van der Waals surface area contributed by atoms with Gasteiger partial charge in [-0.1, -0.05) is 0 Å². The molecule has 0 rings (SSSR count). The van der Waals surface area contributed by atoms with E-state index in [9.17, 15) is 0 Å². The van der Waals surface area contributed by atoms with Crippen molar-refractivity contribution in [1.29, 1.82) is 0 Å². The Morgan fingerprint density at radius 1 is 1.11 bits per heavy atom. The van der Waals surface area contributed by atoms with Gasteiger partial charge < -0.3 is 0 Å². The second-order valence-corrected chi connectivity index (χ2v) is 13.3. The SMILES string of the molecule is CCN(C)C(C)(C)CC(C)CN(C)C[PH](C)(C)C. The van der Waals surface area contributed by atoms with Crippen molar-refractivity contribution in [3.05, 3.63) is 0 Å². The first-order valence-corrected chi connectivity index (χ1v) is 11.1. The van der Waals surface area contributed by atoms with Crippen LogP contribution < -0.4 is 0 Å². The van der Waals surface area contributed by atoms with Crippen molar-refractivity contribution in [2.24, 2.45) is 5.92 Å². The third kappa shape index (κ3) is 7.71. The summed E-state index contributed by atoms with van der Waals surface area (Å²) in [6, 6.07) is 0. The van der Waals surface area contributed by atoms with E-state index in [1.54, 1.807) is 0 Å². The van der Waals surface area contributed by atoms with E-state index >= 15 is 0 Å². The van der Waals surface area contributed by atoms with E-state index in [-0.39, 0.29) is 0 Å². The summed E-state index contributed by atoms with van der Waals surface area (Å²) in [6.45, 7) is 19.1. The molecule has 2 nitrogen and oxygen atoms in total. The first kappa shape index (κ1) is 18.4. The summed E-state index contributed by atoms with van der Waals surface area (Å²) in [7, 11) is 3.56. The van der Waals surface area contributed by atoms with Gasteiger partial charge in [0, 0.05) is 0 Å². The minimum absolute atomic E-state index is 0.314. The van der Waals surface area contributed by atoms with Crippen molar-refractivity contribution in [3.63, 3.8) is 0 Å². The van der Waals surface area contributed by atoms with E-state index in [4.69, 9.17) is 0 Å². The van der Waals surface area contributed by atoms with Gasteiger partial charge in [-0.05, 0) is 0 Å². The molecule has 0 amide bonds. The quantitative estimate of drug-likeness (QED) is 0.628. The molecule has 0 saturated carbocycles. The number of rotatable bonds is 8. The monoisotopic (exact) mass is 276 g/mol. The molecule has 0 aliphatic carbocycles. The second-order valence-electron chi connectivity index (χ2n) is 7.89. The van der Waals surface area contributed by atoms with Gasteiger partial charge in [-0.15, -0.1) is 0 Å². The van der Waals surface area contributed by atoms with Crippen LogP contribution in [0.3, 0.4) is 0 Å². The van der Waals surface area contributed by atoms with E-state index in [0.717, 1.165) is 12.5 Å². The Labute approximate surface area is 116 Å². The molecule has 3 heteroatoms. The molecule has 0 aliphatic rings. The molecule has 1 atom stereocenters. The number of hydrogen-bond acceptors (Lipinski definition) is 2. The zero-order chi connectivity index (χ0) is 14.6. The van der Waals surface area contributed by atoms with E-state index in [1.807, 2.05) is 0 Å². The molecule has 112 valence electrons. The summed E-state index contributed by atoms with van der Waals surface area (Å²) in [4.78, 5) is 5.00. The van der Waals surface area contributed by atoms with Crippen LogP contribution in [0.25, 0.3) is 0 Å². The summed E-state index contributed by atoms with van der Waals surface area (Å²) < 4.78 is 0. The minimum atomic E-state index is -0.959. The van der Waals surface area contributed by atoms with Gasteiger partial charge in [-0.2, -0.15) is 0 Å². The molecule has 0 aromatic carbocycles. The Kier molecular flexibility index (Phi) is 7.36. The van der Waals surface area contributed by atoms with Crippen LogP contribution in [-0.2, 0) is 0 Å². The van der Waals surface area contributed by atoms with Gasteiger partial charge in [0.1, 0.15) is 0 Å². The summed E-state index contributed by atoms with van der Waals surface area (Å²) >= 11 is 0. The van der Waals surface area contributed by atoms with Crippen LogP contribution in [-0.4, -0.2) is 68.8 Å². The van der Waals surface area contributed by atoms with Crippen LogP contribution in [0.15, 0.2) is 0 Å². The molecule has 0 radical (unpaired) electrons. The van der Waals surface area contributed by atoms with Crippen molar-refractivity contribution in [2.75, 3.05) is 53.5 Å². The van der Waals surface area contributed by atoms with Crippen LogP contribution in [0, 0.1) is 5.92 Å². The summed E-state index contributed by atoms with van der Waals surface area (Å²) in [5.74, 6) is 0.760. The summed E-state index contributed by atoms with van der Waals surface area (Å²) in [5.41, 5.74) is 0.314. The molecule has 0 aliphatic heterocycles. The molecular formula is C15H37N2P. The van der Waals surface area contributed by atoms with E-state index in [1.165, 1.54) is 19.3 Å². The van der Waals surface area contributed by atoms with Crippen LogP contribution in [0.2, 0.25) is 0 Å². The number of hydrogen-bond donors (Lipinski definition) is 0. The maximum absolute atomic E-state index is 2.54. The number of nitrogens with zero attached hydrogens (tertiary/aromatic N) is 2. The molecule has 18 heavy (non-hydrogen) atoms. The average molecular weight is 276 g/mol. The fourth-order valence-corrected chi connectivity index (χ4v) is 4.66. The Bertz CT molecular complexity index is 233. The second kappa shape index (κ2) is 7.22. The first-order chi connectivity index (χ1) is 7.98. The van der Waals surface area contributed by atoms with Crippen LogP contribution >= 0.6 is 7.26 Å². The third-order valence-electron chi connectivity index (χ3n) is 3.72. The molecule has 1 unspecified atom stereocenters. The predicted octanol–water partition coefficient (Wildman–Crippen LogP) is 3.27. The maximum atomic E-state index is 2.54. The topological polar surface area (TPSA) is 6.48 Å². The van der Waals surface area contributed by atoms with Crippen LogP contribution in [0.4, 0.5) is 0 Å². The van der Waals surface area contributed by atoms with Gasteiger partial charge in [0.15, 0.2) is 0 Å². The van der Waals surface area contributed by atoms with Gasteiger partial charge in [-0.25, -0.2) is 0 Å². The summed E-state index contributed by atoms with van der Waals surface area (Å²) in [6.07, 6.45) is 2.58. The fraction of sp³-hybridized carbons (Fsp3) is 1.00. The van der Waals surface area contributed by atoms with Crippen LogP contribution in [0.5, 0.6) is 0 Å². The van der Waals surface area contributed by atoms with Gasteiger partial charge in [-0.3, -0.25) is 0 Å². The molecule has 0 aromatic heterocycles. The van der Waals surface area contributed by atoms with Crippen molar-refractivity contribution < 1.29 is 0 Å². The molecule has 0 spiro atoms. The molecule has 0 aromatic rings. The molecular weight excluding hydrogens is 239 g/mol. The van der Waals surface area contributed by atoms with E-state index < -0.39 is 7.26 Å². The van der Waals surface area contributed by atoms with Crippen LogP contribution in [0.1, 0.15) is 34.1 Å². The third-order valence-corrected chi connectivity index (χ3v) is 5.21. The van der Waals surface area contributed by atoms with E-state index in [0.29, 0.717) is 5.54 Å². The summed E-state index contributed by atoms with van der Waals surface area (Å²) in [5, 5.41) is 0. The van der Waals surface area contributed by atoms with E-state index in [2.05, 4.69) is 71.6 Å². The fourth-order valence-electron chi connectivity index (χ4n) is 2.91. The standard InChI is InChI=1S/C15H37N2P/c1-10-17(6)15(3,4)11-14(2)12-16(5)13-18(7,8)9/h14,18H,10-13H2,1-9H3. The van der Waals surface area contributed by atoms with Gasteiger partial charge in [0.25, 0.3) is 0 Å². The van der Waals surface area contributed by atoms with Crippen molar-refractivity contribution in [3.8, 4) is 0 Å². The Balaban J connectivity index is 4.22. The van der Waals surface area contributed by atoms with Crippen molar-refractivity contribution in [1.82, 2.24) is 9.80 Å². The van der Waals surface area contributed by atoms with Gasteiger partial charge in [0.2, 0.25) is 0 Å². The average Bonchev–Trinajstić information content (AvgIpc) is 2.11. The van der Waals surface area contributed by atoms with Crippen molar-refractivity contribution in [2.45, 2.75) is 39.7 Å². The normalized spacial score (nSPS) is 16.4. The molecule has 0 saturated heterocycles. The Hall–Kier alpha value is 0.350. The zero-order valence-corrected chi connectivity index (χ0v) is 15.3. The zero-order valence-electron chi connectivity index (χ0n) is 14.3. The molecule has 0 bridgehead atoms. The Morgan fingerprint density at radius 2 is 1.61 bits per heavy atom. The first-order valence-electron chi connectivity index (χ1n) is 7.37. The molecule has 0 fully saturated rings. The predicted molar refractivity (Wildman–Crippen MR) is 89.7 cm³/mol. The van der Waals surface area contributed by atoms with Gasteiger partial charge >= 0.3 is 116 Å². The van der Waals surface area contributed by atoms with Gasteiger partial charge in [0.05, 0.1) is 0 Å². The molecule has 0 heterocycles.